The number of pyridine rings is 1. The maximum Gasteiger partial charge on any atom is 0.222 e. The summed E-state index contributed by atoms with van der Waals surface area (Å²) in [5.74, 6) is 1.16. The van der Waals surface area contributed by atoms with E-state index in [9.17, 15) is 0 Å². The Morgan fingerprint density at radius 3 is 2.76 bits per heavy atom. The molecule has 0 spiro atoms. The fraction of sp³-hybridized carbons (Fsp3) is 0.312. The van der Waals surface area contributed by atoms with E-state index in [1.54, 1.807) is 6.07 Å². The van der Waals surface area contributed by atoms with Gasteiger partial charge in [-0.15, -0.1) is 0 Å². The molecule has 1 aromatic carbocycles. The molecule has 1 aromatic heterocycles. The molecule has 0 atom stereocenters. The number of rotatable bonds is 5. The van der Waals surface area contributed by atoms with Crippen LogP contribution in [0.5, 0.6) is 11.6 Å². The van der Waals surface area contributed by atoms with Crippen molar-refractivity contribution < 1.29 is 4.74 Å². The summed E-state index contributed by atoms with van der Waals surface area (Å²) in [6, 6.07) is 8.01. The second kappa shape index (κ2) is 7.25. The standard InChI is InChI=1S/C16H18BrClN2O/c1-10(2)19-8-12-6-11(3)16(20-9-12)21-15-7-13(17)4-5-14(15)18/h4-7,9-10,19H,8H2,1-3H3. The molecule has 0 aliphatic rings. The molecule has 112 valence electrons. The molecule has 2 aromatic rings. The Morgan fingerprint density at radius 1 is 1.33 bits per heavy atom. The minimum absolute atomic E-state index is 0.446. The van der Waals surface area contributed by atoms with E-state index < -0.39 is 0 Å². The number of ether oxygens (including phenoxy) is 1. The molecule has 5 heteroatoms. The summed E-state index contributed by atoms with van der Waals surface area (Å²) < 4.78 is 6.72. The zero-order chi connectivity index (χ0) is 15.4. The van der Waals surface area contributed by atoms with Gasteiger partial charge in [0, 0.05) is 28.8 Å². The van der Waals surface area contributed by atoms with E-state index in [-0.39, 0.29) is 0 Å². The zero-order valence-corrected chi connectivity index (χ0v) is 14.6. The van der Waals surface area contributed by atoms with Crippen LogP contribution in [0.1, 0.15) is 25.0 Å². The van der Waals surface area contributed by atoms with Crippen LogP contribution in [0, 0.1) is 6.92 Å². The van der Waals surface area contributed by atoms with Gasteiger partial charge >= 0.3 is 0 Å². The number of hydrogen-bond donors (Lipinski definition) is 1. The van der Waals surface area contributed by atoms with Crippen LogP contribution < -0.4 is 10.1 Å². The molecule has 1 heterocycles. The summed E-state index contributed by atoms with van der Waals surface area (Å²) in [6.07, 6.45) is 1.82. The molecule has 2 rings (SSSR count). The minimum Gasteiger partial charge on any atom is -0.437 e. The van der Waals surface area contributed by atoms with E-state index in [1.165, 1.54) is 0 Å². The molecule has 0 fully saturated rings. The van der Waals surface area contributed by atoms with Crippen LogP contribution in [0.25, 0.3) is 0 Å². The van der Waals surface area contributed by atoms with Gasteiger partial charge in [-0.2, -0.15) is 0 Å². The van der Waals surface area contributed by atoms with Crippen molar-refractivity contribution in [2.45, 2.75) is 33.4 Å². The highest BCUT2D eigenvalue weighted by Crippen LogP contribution is 2.32. The maximum atomic E-state index is 6.13. The molecule has 0 saturated heterocycles. The summed E-state index contributed by atoms with van der Waals surface area (Å²) in [5, 5.41) is 3.93. The van der Waals surface area contributed by atoms with Crippen molar-refractivity contribution in [3.05, 3.63) is 51.1 Å². The summed E-state index contributed by atoms with van der Waals surface area (Å²) in [4.78, 5) is 4.39. The van der Waals surface area contributed by atoms with Gasteiger partial charge < -0.3 is 10.1 Å². The Morgan fingerprint density at radius 2 is 2.10 bits per heavy atom. The normalized spacial score (nSPS) is 11.0. The molecule has 0 amide bonds. The van der Waals surface area contributed by atoms with Crippen molar-refractivity contribution in [3.63, 3.8) is 0 Å². The van der Waals surface area contributed by atoms with Gasteiger partial charge in [0.15, 0.2) is 0 Å². The van der Waals surface area contributed by atoms with Crippen LogP contribution in [-0.4, -0.2) is 11.0 Å². The predicted molar refractivity (Wildman–Crippen MR) is 90.2 cm³/mol. The molecular formula is C16H18BrClN2O. The van der Waals surface area contributed by atoms with E-state index >= 15 is 0 Å². The molecule has 0 unspecified atom stereocenters. The number of aryl methyl sites for hydroxylation is 1. The lowest BCUT2D eigenvalue weighted by Gasteiger charge is -2.12. The molecule has 0 saturated carbocycles. The van der Waals surface area contributed by atoms with E-state index in [0.29, 0.717) is 22.7 Å². The van der Waals surface area contributed by atoms with Gasteiger partial charge in [0.25, 0.3) is 0 Å². The van der Waals surface area contributed by atoms with Gasteiger partial charge in [-0.1, -0.05) is 41.4 Å². The van der Waals surface area contributed by atoms with Crippen molar-refractivity contribution in [1.29, 1.82) is 0 Å². The van der Waals surface area contributed by atoms with Crippen LogP contribution in [0.15, 0.2) is 34.9 Å². The average molecular weight is 370 g/mol. The third kappa shape index (κ3) is 4.70. The first-order valence-corrected chi connectivity index (χ1v) is 7.94. The monoisotopic (exact) mass is 368 g/mol. The van der Waals surface area contributed by atoms with Crippen molar-refractivity contribution in [3.8, 4) is 11.6 Å². The van der Waals surface area contributed by atoms with Crippen molar-refractivity contribution in [2.75, 3.05) is 0 Å². The number of hydrogen-bond acceptors (Lipinski definition) is 3. The first kappa shape index (κ1) is 16.3. The largest absolute Gasteiger partial charge is 0.437 e. The average Bonchev–Trinajstić information content (AvgIpc) is 2.43. The zero-order valence-electron chi connectivity index (χ0n) is 12.3. The van der Waals surface area contributed by atoms with E-state index in [4.69, 9.17) is 16.3 Å². The molecule has 0 aliphatic heterocycles. The van der Waals surface area contributed by atoms with Crippen molar-refractivity contribution >= 4 is 27.5 Å². The lowest BCUT2D eigenvalue weighted by atomic mass is 10.2. The van der Waals surface area contributed by atoms with Crippen molar-refractivity contribution in [1.82, 2.24) is 10.3 Å². The molecule has 1 N–H and O–H groups in total. The Kier molecular flexibility index (Phi) is 5.62. The van der Waals surface area contributed by atoms with E-state index in [1.807, 2.05) is 25.3 Å². The van der Waals surface area contributed by atoms with Gasteiger partial charge in [0.1, 0.15) is 5.75 Å². The number of aromatic nitrogens is 1. The molecule has 0 bridgehead atoms. The quantitative estimate of drug-likeness (QED) is 0.796. The Balaban J connectivity index is 2.15. The summed E-state index contributed by atoms with van der Waals surface area (Å²) in [5.41, 5.74) is 2.11. The van der Waals surface area contributed by atoms with Gasteiger partial charge in [0.05, 0.1) is 5.02 Å². The molecule has 0 aliphatic carbocycles. The highest BCUT2D eigenvalue weighted by molar-refractivity contribution is 9.10. The van der Waals surface area contributed by atoms with Gasteiger partial charge in [0.2, 0.25) is 5.88 Å². The molecule has 3 nitrogen and oxygen atoms in total. The lowest BCUT2D eigenvalue weighted by molar-refractivity contribution is 0.458. The van der Waals surface area contributed by atoms with Crippen molar-refractivity contribution in [2.24, 2.45) is 0 Å². The third-order valence-corrected chi connectivity index (χ3v) is 3.71. The van der Waals surface area contributed by atoms with E-state index in [2.05, 4.69) is 46.1 Å². The fourth-order valence-corrected chi connectivity index (χ4v) is 2.30. The summed E-state index contributed by atoms with van der Waals surface area (Å²) >= 11 is 9.54. The second-order valence-electron chi connectivity index (χ2n) is 5.18. The number of benzene rings is 1. The topological polar surface area (TPSA) is 34.2 Å². The fourth-order valence-electron chi connectivity index (χ4n) is 1.81. The van der Waals surface area contributed by atoms with Crippen LogP contribution in [-0.2, 0) is 6.54 Å². The predicted octanol–water partition coefficient (Wildman–Crippen LogP) is 5.10. The highest BCUT2D eigenvalue weighted by atomic mass is 79.9. The van der Waals surface area contributed by atoms with Gasteiger partial charge in [-0.3, -0.25) is 0 Å². The Bertz CT molecular complexity index is 632. The number of nitrogens with zero attached hydrogens (tertiary/aromatic N) is 1. The van der Waals surface area contributed by atoms with Crippen LogP contribution in [0.2, 0.25) is 5.02 Å². The van der Waals surface area contributed by atoms with Gasteiger partial charge in [-0.05, 0) is 36.8 Å². The summed E-state index contributed by atoms with van der Waals surface area (Å²) in [7, 11) is 0. The SMILES string of the molecule is Cc1cc(CNC(C)C)cnc1Oc1cc(Br)ccc1Cl. The second-order valence-corrected chi connectivity index (χ2v) is 6.50. The molecular weight excluding hydrogens is 352 g/mol. The van der Waals surface area contributed by atoms with Crippen LogP contribution in [0.3, 0.4) is 0 Å². The lowest BCUT2D eigenvalue weighted by Crippen LogP contribution is -2.21. The Labute approximate surface area is 138 Å². The van der Waals surface area contributed by atoms with E-state index in [0.717, 1.165) is 22.1 Å². The smallest absolute Gasteiger partial charge is 0.222 e. The third-order valence-electron chi connectivity index (χ3n) is 2.90. The molecule has 21 heavy (non-hydrogen) atoms. The summed E-state index contributed by atoms with van der Waals surface area (Å²) in [6.45, 7) is 7.01. The Hall–Kier alpha value is -1.10. The minimum atomic E-state index is 0.446. The van der Waals surface area contributed by atoms with Gasteiger partial charge in [-0.25, -0.2) is 4.98 Å². The maximum absolute atomic E-state index is 6.13. The van der Waals surface area contributed by atoms with Crippen LogP contribution >= 0.6 is 27.5 Å². The number of nitrogens with one attached hydrogen (secondary N) is 1. The first-order valence-electron chi connectivity index (χ1n) is 6.77. The first-order chi connectivity index (χ1) is 9.95. The number of halogens is 2. The van der Waals surface area contributed by atoms with Crippen LogP contribution in [0.4, 0.5) is 0 Å². The molecule has 0 radical (unpaired) electrons. The highest BCUT2D eigenvalue weighted by Gasteiger charge is 2.08.